The van der Waals surface area contributed by atoms with Gasteiger partial charge < -0.3 is 15.1 Å². The Kier molecular flexibility index (Phi) is 6.13. The van der Waals surface area contributed by atoms with E-state index in [-0.39, 0.29) is 17.1 Å². The van der Waals surface area contributed by atoms with Gasteiger partial charge in [-0.3, -0.25) is 14.6 Å². The topological polar surface area (TPSA) is 65.5 Å². The Bertz CT molecular complexity index is 1050. The van der Waals surface area contributed by atoms with E-state index in [4.69, 9.17) is 0 Å². The molecule has 4 rings (SSSR count). The van der Waals surface area contributed by atoms with Crippen molar-refractivity contribution in [2.75, 3.05) is 25.5 Å². The second kappa shape index (κ2) is 8.98. The second-order valence-corrected chi connectivity index (χ2v) is 9.14. The van der Waals surface area contributed by atoms with Gasteiger partial charge in [0.2, 0.25) is 5.91 Å². The van der Waals surface area contributed by atoms with E-state index in [0.29, 0.717) is 24.6 Å². The van der Waals surface area contributed by atoms with Crippen LogP contribution in [0.1, 0.15) is 22.8 Å². The lowest BCUT2D eigenvalue weighted by atomic mass is 10.1. The Hall–Kier alpha value is -3.06. The van der Waals surface area contributed by atoms with Crippen molar-refractivity contribution < 1.29 is 9.59 Å². The van der Waals surface area contributed by atoms with Crippen LogP contribution in [-0.2, 0) is 11.2 Å². The van der Waals surface area contributed by atoms with Gasteiger partial charge in [-0.2, -0.15) is 0 Å². The fourth-order valence-electron chi connectivity index (χ4n) is 3.66. The first-order valence-corrected chi connectivity index (χ1v) is 11.2. The maximum atomic E-state index is 12.8. The number of fused-ring (bicyclic) bond motifs is 1. The highest BCUT2D eigenvalue weighted by Crippen LogP contribution is 2.40. The van der Waals surface area contributed by atoms with E-state index in [1.54, 1.807) is 30.4 Å². The number of carbonyl (C=O) groups is 2. The molecule has 160 valence electrons. The quantitative estimate of drug-likeness (QED) is 0.783. The van der Waals surface area contributed by atoms with Gasteiger partial charge in [0.15, 0.2) is 0 Å². The fourth-order valence-corrected chi connectivity index (χ4v) is 5.02. The van der Waals surface area contributed by atoms with Gasteiger partial charge in [0.25, 0.3) is 5.91 Å². The van der Waals surface area contributed by atoms with Crippen molar-refractivity contribution in [3.8, 4) is 0 Å². The molecule has 2 aliphatic heterocycles. The molecule has 1 aromatic carbocycles. The first-order valence-electron chi connectivity index (χ1n) is 10.3. The summed E-state index contributed by atoms with van der Waals surface area (Å²) in [5.74, 6) is -0.0543. The number of aromatic nitrogens is 1. The van der Waals surface area contributed by atoms with Crippen LogP contribution < -0.4 is 10.2 Å². The molecule has 0 saturated carbocycles. The van der Waals surface area contributed by atoms with Gasteiger partial charge in [-0.25, -0.2) is 0 Å². The SMILES string of the molecule is CC1C=C(CNC(=O)c2ccc3c(c2)SC(Cc2cccnc2)C(=O)N3C)C=CN1C. The van der Waals surface area contributed by atoms with Gasteiger partial charge in [-0.1, -0.05) is 12.1 Å². The summed E-state index contributed by atoms with van der Waals surface area (Å²) in [7, 11) is 3.82. The minimum absolute atomic E-state index is 0.0636. The van der Waals surface area contributed by atoms with Crippen LogP contribution in [0.3, 0.4) is 0 Å². The van der Waals surface area contributed by atoms with Crippen molar-refractivity contribution in [1.29, 1.82) is 0 Å². The van der Waals surface area contributed by atoms with Crippen LogP contribution in [0.5, 0.6) is 0 Å². The zero-order valence-corrected chi connectivity index (χ0v) is 18.7. The van der Waals surface area contributed by atoms with Crippen molar-refractivity contribution in [3.63, 3.8) is 0 Å². The number of amides is 2. The molecular formula is C24H26N4O2S. The number of rotatable bonds is 5. The Morgan fingerprint density at radius 3 is 2.84 bits per heavy atom. The third kappa shape index (κ3) is 4.66. The maximum Gasteiger partial charge on any atom is 0.251 e. The summed E-state index contributed by atoms with van der Waals surface area (Å²) in [6, 6.07) is 9.68. The number of nitrogens with zero attached hydrogens (tertiary/aromatic N) is 3. The number of hydrogen-bond donors (Lipinski definition) is 1. The van der Waals surface area contributed by atoms with Crippen molar-refractivity contribution >= 4 is 29.3 Å². The summed E-state index contributed by atoms with van der Waals surface area (Å²) in [6.07, 6.45) is 10.3. The van der Waals surface area contributed by atoms with Crippen molar-refractivity contribution in [3.05, 3.63) is 77.8 Å². The molecule has 1 aromatic heterocycles. The predicted molar refractivity (Wildman–Crippen MR) is 124 cm³/mol. The highest BCUT2D eigenvalue weighted by molar-refractivity contribution is 8.01. The molecule has 0 saturated heterocycles. The third-order valence-electron chi connectivity index (χ3n) is 5.68. The van der Waals surface area contributed by atoms with Gasteiger partial charge in [0.05, 0.1) is 10.9 Å². The summed E-state index contributed by atoms with van der Waals surface area (Å²) in [5, 5.41) is 2.77. The van der Waals surface area contributed by atoms with Crippen molar-refractivity contribution in [1.82, 2.24) is 15.2 Å². The first kappa shape index (κ1) is 21.2. The van der Waals surface area contributed by atoms with Crippen molar-refractivity contribution in [2.45, 2.75) is 29.5 Å². The van der Waals surface area contributed by atoms with Gasteiger partial charge >= 0.3 is 0 Å². The lowest BCUT2D eigenvalue weighted by Gasteiger charge is -2.31. The lowest BCUT2D eigenvalue weighted by molar-refractivity contribution is -0.117. The van der Waals surface area contributed by atoms with Crippen LogP contribution in [-0.4, -0.2) is 53.6 Å². The highest BCUT2D eigenvalue weighted by Gasteiger charge is 2.32. The smallest absolute Gasteiger partial charge is 0.251 e. The minimum atomic E-state index is -0.240. The molecule has 6 nitrogen and oxygen atoms in total. The summed E-state index contributed by atoms with van der Waals surface area (Å²) >= 11 is 1.51. The minimum Gasteiger partial charge on any atom is -0.374 e. The summed E-state index contributed by atoms with van der Waals surface area (Å²) in [6.45, 7) is 2.60. The predicted octanol–water partition coefficient (Wildman–Crippen LogP) is 3.27. The zero-order chi connectivity index (χ0) is 22.0. The monoisotopic (exact) mass is 434 g/mol. The highest BCUT2D eigenvalue weighted by atomic mass is 32.2. The van der Waals surface area contributed by atoms with Crippen LogP contribution in [0, 0.1) is 0 Å². The molecular weight excluding hydrogens is 408 g/mol. The van der Waals surface area contributed by atoms with Crippen LogP contribution >= 0.6 is 11.8 Å². The number of benzene rings is 1. The Balaban J connectivity index is 1.47. The number of likely N-dealkylation sites (N-methyl/N-ethyl adjacent to an activating group) is 1. The van der Waals surface area contributed by atoms with Gasteiger partial charge in [0, 0.05) is 49.5 Å². The molecule has 7 heteroatoms. The molecule has 1 N–H and O–H groups in total. The largest absolute Gasteiger partial charge is 0.374 e. The van der Waals surface area contributed by atoms with E-state index in [1.807, 2.05) is 43.6 Å². The molecule has 0 radical (unpaired) electrons. The van der Waals surface area contributed by atoms with E-state index in [2.05, 4.69) is 28.2 Å². The number of carbonyl (C=O) groups excluding carboxylic acids is 2. The van der Waals surface area contributed by atoms with Gasteiger partial charge in [-0.15, -0.1) is 11.8 Å². The summed E-state index contributed by atoms with van der Waals surface area (Å²) in [4.78, 5) is 34.5. The number of hydrogen-bond acceptors (Lipinski definition) is 5. The summed E-state index contributed by atoms with van der Waals surface area (Å²) < 4.78 is 0. The van der Waals surface area contributed by atoms with E-state index in [0.717, 1.165) is 21.7 Å². The number of thioether (sulfide) groups is 1. The van der Waals surface area contributed by atoms with Crippen molar-refractivity contribution in [2.24, 2.45) is 0 Å². The number of anilines is 1. The fraction of sp³-hybridized carbons (Fsp3) is 0.292. The molecule has 0 aliphatic carbocycles. The third-order valence-corrected chi connectivity index (χ3v) is 6.91. The molecule has 0 fully saturated rings. The summed E-state index contributed by atoms with van der Waals surface area (Å²) in [5.41, 5.74) is 3.55. The Morgan fingerprint density at radius 2 is 2.10 bits per heavy atom. The van der Waals surface area contributed by atoms with Crippen LogP contribution in [0.15, 0.2) is 71.5 Å². The molecule has 31 heavy (non-hydrogen) atoms. The van der Waals surface area contributed by atoms with E-state index in [9.17, 15) is 9.59 Å². The standard InChI is InChI=1S/C24H26N4O2S/c1-16-11-18(8-10-27(16)2)15-26-23(29)19-6-7-20-21(13-19)31-22(24(30)28(20)3)12-17-5-4-9-25-14-17/h4-11,13-14,16,22H,12,15H2,1-3H3,(H,26,29). The van der Waals surface area contributed by atoms with E-state index >= 15 is 0 Å². The van der Waals surface area contributed by atoms with E-state index in [1.165, 1.54) is 11.8 Å². The molecule has 0 bridgehead atoms. The van der Waals surface area contributed by atoms with Gasteiger partial charge in [-0.05, 0) is 61.0 Å². The molecule has 3 heterocycles. The average Bonchev–Trinajstić information content (AvgIpc) is 2.78. The number of pyridine rings is 1. The Morgan fingerprint density at radius 1 is 1.26 bits per heavy atom. The van der Waals surface area contributed by atoms with Crippen LogP contribution in [0.4, 0.5) is 5.69 Å². The average molecular weight is 435 g/mol. The second-order valence-electron chi connectivity index (χ2n) is 7.90. The normalized spacial score (nSPS) is 20.4. The molecule has 2 unspecified atom stereocenters. The number of nitrogens with one attached hydrogen (secondary N) is 1. The van der Waals surface area contributed by atoms with Gasteiger partial charge in [0.1, 0.15) is 0 Å². The molecule has 2 atom stereocenters. The first-order chi connectivity index (χ1) is 14.9. The van der Waals surface area contributed by atoms with Crippen LogP contribution in [0.2, 0.25) is 0 Å². The Labute approximate surface area is 187 Å². The van der Waals surface area contributed by atoms with E-state index < -0.39 is 0 Å². The lowest BCUT2D eigenvalue weighted by Crippen LogP contribution is -2.39. The maximum absolute atomic E-state index is 12.8. The molecule has 2 aromatic rings. The zero-order valence-electron chi connectivity index (χ0n) is 17.9. The molecule has 2 aliphatic rings. The van der Waals surface area contributed by atoms with Crippen LogP contribution in [0.25, 0.3) is 0 Å². The molecule has 2 amide bonds. The molecule has 0 spiro atoms.